The normalized spacial score (nSPS) is 11.7. The van der Waals surface area contributed by atoms with E-state index in [9.17, 15) is 18.0 Å². The Kier molecular flexibility index (Phi) is 7.50. The minimum atomic E-state index is -4.29. The molecule has 0 spiro atoms. The summed E-state index contributed by atoms with van der Waals surface area (Å²) in [5.41, 5.74) is 2.50. The van der Waals surface area contributed by atoms with Crippen molar-refractivity contribution in [1.29, 1.82) is 0 Å². The third kappa shape index (κ3) is 5.30. The second-order valence-electron chi connectivity index (χ2n) is 8.08. The number of furan rings is 1. The molecule has 0 unspecified atom stereocenters. The van der Waals surface area contributed by atoms with Gasteiger partial charge in [0.15, 0.2) is 0 Å². The summed E-state index contributed by atoms with van der Waals surface area (Å²) in [6.45, 7) is 2.71. The summed E-state index contributed by atoms with van der Waals surface area (Å²) in [6.07, 6.45) is 1.29. The number of halogens is 1. The number of carbonyl (C=O) groups is 1. The minimum absolute atomic E-state index is 0.0591. The number of hydrogen-bond acceptors (Lipinski definition) is 6. The fourth-order valence-corrected chi connectivity index (χ4v) is 5.52. The van der Waals surface area contributed by atoms with E-state index in [1.165, 1.54) is 23.0 Å². The number of hydrazone groups is 1. The van der Waals surface area contributed by atoms with Gasteiger partial charge in [0, 0.05) is 13.1 Å². The van der Waals surface area contributed by atoms with Crippen molar-refractivity contribution >= 4 is 43.8 Å². The average molecular weight is 586 g/mol. The lowest BCUT2D eigenvalue weighted by atomic mass is 10.3. The largest absolute Gasteiger partial charge is 0.459 e. The number of aromatic nitrogens is 2. The first-order valence-corrected chi connectivity index (χ1v) is 13.3. The predicted octanol–water partition coefficient (Wildman–Crippen LogP) is 3.49. The molecule has 0 atom stereocenters. The second-order valence-corrected chi connectivity index (χ2v) is 10.8. The summed E-state index contributed by atoms with van der Waals surface area (Å²) in [5, 5.41) is 3.86. The lowest BCUT2D eigenvalue weighted by molar-refractivity contribution is -0.119. The van der Waals surface area contributed by atoms with Crippen molar-refractivity contribution < 1.29 is 17.6 Å². The van der Waals surface area contributed by atoms with Crippen molar-refractivity contribution in [2.45, 2.75) is 18.7 Å². The van der Waals surface area contributed by atoms with E-state index in [1.54, 1.807) is 74.1 Å². The number of nitrogens with one attached hydrogen (secondary N) is 1. The molecule has 2 aromatic heterocycles. The fourth-order valence-electron chi connectivity index (χ4n) is 3.72. The van der Waals surface area contributed by atoms with Crippen molar-refractivity contribution in [1.82, 2.24) is 14.8 Å². The van der Waals surface area contributed by atoms with Gasteiger partial charge in [-0.15, -0.1) is 0 Å². The molecule has 0 aliphatic carbocycles. The number of amides is 1. The first-order chi connectivity index (χ1) is 17.6. The Morgan fingerprint density at radius 2 is 1.73 bits per heavy atom. The van der Waals surface area contributed by atoms with E-state index in [0.29, 0.717) is 22.9 Å². The lowest BCUT2D eigenvalue weighted by Crippen LogP contribution is -2.42. The molecule has 2 aromatic carbocycles. The molecule has 4 rings (SSSR count). The van der Waals surface area contributed by atoms with Crippen LogP contribution in [-0.2, 0) is 21.9 Å². The zero-order valence-corrected chi connectivity index (χ0v) is 22.7. The highest BCUT2D eigenvalue weighted by molar-refractivity contribution is 9.10. The van der Waals surface area contributed by atoms with Crippen LogP contribution in [0.5, 0.6) is 0 Å². The molecule has 1 amide bonds. The monoisotopic (exact) mass is 585 g/mol. The maximum absolute atomic E-state index is 13.7. The Morgan fingerprint density at radius 1 is 1.11 bits per heavy atom. The molecule has 2 heterocycles. The maximum atomic E-state index is 13.7. The van der Waals surface area contributed by atoms with Crippen LogP contribution in [0, 0.1) is 13.8 Å². The number of para-hydroxylation sites is 1. The van der Waals surface area contributed by atoms with E-state index in [-0.39, 0.29) is 10.6 Å². The first kappa shape index (κ1) is 26.2. The molecule has 192 valence electrons. The molecule has 4 aromatic rings. The van der Waals surface area contributed by atoms with Gasteiger partial charge in [-0.1, -0.05) is 36.4 Å². The highest BCUT2D eigenvalue weighted by Crippen LogP contribution is 2.25. The minimum Gasteiger partial charge on any atom is -0.459 e. The van der Waals surface area contributed by atoms with Crippen LogP contribution in [0.3, 0.4) is 0 Å². The number of rotatable bonds is 8. The van der Waals surface area contributed by atoms with E-state index in [4.69, 9.17) is 4.42 Å². The Balaban J connectivity index is 1.74. The molecule has 0 fully saturated rings. The first-order valence-electron chi connectivity index (χ1n) is 11.1. The van der Waals surface area contributed by atoms with Crippen LogP contribution in [0.1, 0.15) is 17.2 Å². The smallest absolute Gasteiger partial charge is 0.296 e. The van der Waals surface area contributed by atoms with Crippen molar-refractivity contribution in [3.63, 3.8) is 0 Å². The van der Waals surface area contributed by atoms with Crippen LogP contribution in [0.2, 0.25) is 0 Å². The van der Waals surface area contributed by atoms with Gasteiger partial charge in [0.1, 0.15) is 23.8 Å². The molecule has 10 nitrogen and oxygen atoms in total. The van der Waals surface area contributed by atoms with Crippen molar-refractivity contribution in [2.75, 3.05) is 10.8 Å². The van der Waals surface area contributed by atoms with Gasteiger partial charge in [-0.2, -0.15) is 5.10 Å². The van der Waals surface area contributed by atoms with E-state index in [2.05, 4.69) is 26.5 Å². The highest BCUT2D eigenvalue weighted by Gasteiger charge is 2.33. The third-order valence-corrected chi connectivity index (χ3v) is 8.20. The summed E-state index contributed by atoms with van der Waals surface area (Å²) in [7, 11) is -2.64. The number of nitrogens with zero attached hydrogens (tertiary/aromatic N) is 4. The molecule has 12 heteroatoms. The molecule has 0 saturated carbocycles. The van der Waals surface area contributed by atoms with E-state index in [0.717, 1.165) is 8.78 Å². The Labute approximate surface area is 222 Å². The van der Waals surface area contributed by atoms with Gasteiger partial charge in [-0.25, -0.2) is 22.8 Å². The van der Waals surface area contributed by atoms with Gasteiger partial charge in [-0.05, 0) is 54.0 Å². The fraction of sp³-hybridized carbons (Fsp3) is 0.160. The lowest BCUT2D eigenvalue weighted by Gasteiger charge is -2.22. The predicted molar refractivity (Wildman–Crippen MR) is 144 cm³/mol. The van der Waals surface area contributed by atoms with Gasteiger partial charge < -0.3 is 4.42 Å². The van der Waals surface area contributed by atoms with E-state index >= 15 is 0 Å². The highest BCUT2D eigenvalue weighted by atomic mass is 79.9. The summed E-state index contributed by atoms with van der Waals surface area (Å²) >= 11 is 3.33. The molecule has 1 N–H and O–H groups in total. The summed E-state index contributed by atoms with van der Waals surface area (Å²) in [5.74, 6) is 0.289. The molecule has 0 radical (unpaired) electrons. The van der Waals surface area contributed by atoms with E-state index < -0.39 is 28.0 Å². The summed E-state index contributed by atoms with van der Waals surface area (Å²) in [4.78, 5) is 26.4. The van der Waals surface area contributed by atoms with Crippen molar-refractivity contribution in [3.05, 3.63) is 98.8 Å². The van der Waals surface area contributed by atoms with Crippen molar-refractivity contribution in [3.8, 4) is 5.69 Å². The van der Waals surface area contributed by atoms with Crippen LogP contribution in [0.4, 0.5) is 5.69 Å². The van der Waals surface area contributed by atoms with Gasteiger partial charge in [0.25, 0.3) is 21.5 Å². The van der Waals surface area contributed by atoms with Crippen LogP contribution in [-0.4, -0.2) is 36.4 Å². The van der Waals surface area contributed by atoms with Gasteiger partial charge in [-0.3, -0.25) is 14.3 Å². The molecule has 0 saturated heterocycles. The van der Waals surface area contributed by atoms with Crippen LogP contribution < -0.4 is 15.3 Å². The summed E-state index contributed by atoms with van der Waals surface area (Å²) < 4.78 is 37.3. The van der Waals surface area contributed by atoms with Crippen LogP contribution in [0.25, 0.3) is 5.69 Å². The number of aryl methyl sites for hydroxylation is 1. The third-order valence-electron chi connectivity index (χ3n) is 5.65. The van der Waals surface area contributed by atoms with Crippen LogP contribution in [0.15, 0.2) is 90.4 Å². The zero-order valence-electron chi connectivity index (χ0n) is 20.3. The topological polar surface area (TPSA) is 119 Å². The summed E-state index contributed by atoms with van der Waals surface area (Å²) in [6, 6.07) is 18.1. The molecular formula is C25H24BrN5O5S. The molecular weight excluding hydrogens is 562 g/mol. The Hall–Kier alpha value is -3.90. The van der Waals surface area contributed by atoms with Gasteiger partial charge in [0.2, 0.25) is 0 Å². The number of benzene rings is 2. The standard InChI is InChI=1S/C25H24BrN5O5S/c1-17-24(25(33)31(29(17)3)19-10-6-4-7-11-19)30(37(34,35)21-12-8-5-9-13-21)16-23(32)28-27-15-20-14-22(26)18(2)36-20/h4-15H,16H2,1-3H3,(H,28,32)/b27-15-. The number of hydrogen-bond donors (Lipinski definition) is 1. The number of sulfonamides is 1. The maximum Gasteiger partial charge on any atom is 0.296 e. The zero-order chi connectivity index (χ0) is 26.7. The van der Waals surface area contributed by atoms with E-state index in [1.807, 2.05) is 6.07 Å². The molecule has 0 bridgehead atoms. The number of anilines is 1. The molecule has 37 heavy (non-hydrogen) atoms. The quantitative estimate of drug-likeness (QED) is 0.251. The van der Waals surface area contributed by atoms with Crippen molar-refractivity contribution in [2.24, 2.45) is 12.1 Å². The second kappa shape index (κ2) is 10.6. The average Bonchev–Trinajstić information content (AvgIpc) is 3.32. The Bertz CT molecular complexity index is 1600. The van der Waals surface area contributed by atoms with Crippen LogP contribution >= 0.6 is 15.9 Å². The van der Waals surface area contributed by atoms with Gasteiger partial charge in [0.05, 0.1) is 27.0 Å². The SMILES string of the molecule is Cc1oc(/C=N\NC(=O)CN(c2c(C)n(C)n(-c3ccccc3)c2=O)S(=O)(=O)c2ccccc2)cc1Br. The molecule has 0 aliphatic rings. The number of carbonyl (C=O) groups excluding carboxylic acids is 1. The molecule has 0 aliphatic heterocycles. The van der Waals surface area contributed by atoms with Gasteiger partial charge >= 0.3 is 0 Å². The Morgan fingerprint density at radius 3 is 2.32 bits per heavy atom.